The van der Waals surface area contributed by atoms with Crippen molar-refractivity contribution in [3.05, 3.63) is 52.1 Å². The fourth-order valence-corrected chi connectivity index (χ4v) is 4.08. The molecule has 1 atom stereocenters. The molecule has 2 aromatic heterocycles. The number of aromatic nitrogens is 4. The molecule has 0 unspecified atom stereocenters. The quantitative estimate of drug-likeness (QED) is 0.0612. The molecule has 43 heavy (non-hydrogen) atoms. The Morgan fingerprint density at radius 3 is 2.40 bits per heavy atom. The molecule has 0 saturated heterocycles. The summed E-state index contributed by atoms with van der Waals surface area (Å²) >= 11 is 0. The van der Waals surface area contributed by atoms with E-state index in [1.807, 2.05) is 0 Å². The van der Waals surface area contributed by atoms with E-state index >= 15 is 0 Å². The maximum absolute atomic E-state index is 12.7. The number of nitrogens with zero attached hydrogens (tertiary/aromatic N) is 3. The second-order valence-corrected chi connectivity index (χ2v) is 9.72. The molecule has 9 N–H and O–H groups in total. The zero-order chi connectivity index (χ0) is 31.2. The monoisotopic (exact) mass is 597 g/mol. The zero-order valence-electron chi connectivity index (χ0n) is 23.4. The van der Waals surface area contributed by atoms with Crippen LogP contribution in [0.25, 0.3) is 11.2 Å². The number of hydrogen-bond donors (Lipinski definition) is 8. The molecule has 0 radical (unpaired) electrons. The highest BCUT2D eigenvalue weighted by Gasteiger charge is 2.21. The van der Waals surface area contributed by atoms with Crippen molar-refractivity contribution in [3.8, 4) is 0 Å². The predicted octanol–water partition coefficient (Wildman–Crippen LogP) is 0.833. The highest BCUT2D eigenvalue weighted by Crippen LogP contribution is 2.12. The maximum Gasteiger partial charge on any atom is 0.326 e. The number of carboxylic acid groups (broad SMARTS) is 1. The fraction of sp³-hybridized carbons (Fsp3) is 0.407. The lowest BCUT2D eigenvalue weighted by atomic mass is 10.1. The Morgan fingerprint density at radius 2 is 1.67 bits per heavy atom. The molecule has 0 saturated carbocycles. The number of nitrogens with one attached hydrogen (secondary N) is 5. The van der Waals surface area contributed by atoms with Gasteiger partial charge in [-0.3, -0.25) is 29.4 Å². The Morgan fingerprint density at radius 1 is 0.953 bits per heavy atom. The van der Waals surface area contributed by atoms with Crippen molar-refractivity contribution in [2.24, 2.45) is 0 Å². The number of hydroxylamine groups is 1. The van der Waals surface area contributed by atoms with E-state index in [9.17, 15) is 29.1 Å². The molecule has 0 spiro atoms. The van der Waals surface area contributed by atoms with Crippen LogP contribution >= 0.6 is 0 Å². The highest BCUT2D eigenvalue weighted by atomic mass is 16.5. The summed E-state index contributed by atoms with van der Waals surface area (Å²) in [7, 11) is 0. The van der Waals surface area contributed by atoms with E-state index in [1.54, 1.807) is 17.6 Å². The number of carbonyl (C=O) groups is 4. The summed E-state index contributed by atoms with van der Waals surface area (Å²) in [6, 6.07) is 5.07. The number of carbonyl (C=O) groups excluding carboxylic acids is 3. The van der Waals surface area contributed by atoms with Gasteiger partial charge in [-0.15, -0.1) is 0 Å². The van der Waals surface area contributed by atoms with Crippen molar-refractivity contribution in [1.29, 1.82) is 0 Å². The van der Waals surface area contributed by atoms with Crippen LogP contribution in [0.2, 0.25) is 0 Å². The van der Waals surface area contributed by atoms with E-state index in [0.29, 0.717) is 24.3 Å². The van der Waals surface area contributed by atoms with Crippen LogP contribution in [0.4, 0.5) is 11.6 Å². The molecule has 2 heterocycles. The molecule has 0 aliphatic carbocycles. The lowest BCUT2D eigenvalue weighted by molar-refractivity contribution is -0.139. The summed E-state index contributed by atoms with van der Waals surface area (Å²) in [5.41, 5.74) is 8.14. The van der Waals surface area contributed by atoms with Crippen LogP contribution in [0, 0.1) is 0 Å². The average molecular weight is 598 g/mol. The molecule has 16 heteroatoms. The molecule has 16 nitrogen and oxygen atoms in total. The number of amides is 3. The van der Waals surface area contributed by atoms with Gasteiger partial charge in [0, 0.05) is 30.6 Å². The third-order valence-corrected chi connectivity index (χ3v) is 6.40. The van der Waals surface area contributed by atoms with E-state index in [-0.39, 0.29) is 54.4 Å². The largest absolute Gasteiger partial charge is 0.480 e. The number of aromatic amines is 1. The summed E-state index contributed by atoms with van der Waals surface area (Å²) in [5.74, 6) is -2.62. The number of unbranched alkanes of at least 4 members (excludes halogenated alkanes) is 4. The number of anilines is 2. The lowest BCUT2D eigenvalue weighted by Crippen LogP contribution is -2.41. The van der Waals surface area contributed by atoms with Crippen LogP contribution in [-0.4, -0.2) is 66.5 Å². The minimum atomic E-state index is -1.25. The molecular formula is C27H35N9O7. The predicted molar refractivity (Wildman–Crippen MR) is 155 cm³/mol. The molecule has 0 bridgehead atoms. The maximum atomic E-state index is 12.7. The number of H-pyrrole nitrogens is 1. The SMILES string of the molecule is Nc1nc2ncc(CNc3ccc(C(=O)N[C@@H](CCC(=O)NCCCCCCCC(=O)NO)C(=O)O)cc3)nc2c(=O)[nH]1. The highest BCUT2D eigenvalue weighted by molar-refractivity contribution is 5.97. The second kappa shape index (κ2) is 16.4. The van der Waals surface area contributed by atoms with Gasteiger partial charge in [0.1, 0.15) is 6.04 Å². The first-order chi connectivity index (χ1) is 20.7. The van der Waals surface area contributed by atoms with Crippen LogP contribution in [-0.2, 0) is 20.9 Å². The van der Waals surface area contributed by atoms with Gasteiger partial charge >= 0.3 is 5.97 Å². The Labute approximate surface area is 245 Å². The topological polar surface area (TPSA) is 254 Å². The van der Waals surface area contributed by atoms with Crippen LogP contribution in [0.1, 0.15) is 67.4 Å². The van der Waals surface area contributed by atoms with Crippen molar-refractivity contribution < 1.29 is 29.5 Å². The van der Waals surface area contributed by atoms with E-state index in [4.69, 9.17) is 10.9 Å². The van der Waals surface area contributed by atoms with Crippen LogP contribution in [0.3, 0.4) is 0 Å². The summed E-state index contributed by atoms with van der Waals surface area (Å²) < 4.78 is 0. The van der Waals surface area contributed by atoms with E-state index in [1.165, 1.54) is 18.3 Å². The van der Waals surface area contributed by atoms with Gasteiger partial charge < -0.3 is 26.8 Å². The summed E-state index contributed by atoms with van der Waals surface area (Å²) in [4.78, 5) is 74.1. The number of nitrogens with two attached hydrogens (primary N) is 1. The molecule has 0 aliphatic rings. The number of fused-ring (bicyclic) bond motifs is 1. The van der Waals surface area contributed by atoms with Gasteiger partial charge in [0.15, 0.2) is 11.2 Å². The van der Waals surface area contributed by atoms with Crippen LogP contribution < -0.4 is 32.7 Å². The molecule has 0 aliphatic heterocycles. The number of hydrogen-bond acceptors (Lipinski definition) is 11. The van der Waals surface area contributed by atoms with Crippen molar-refractivity contribution in [2.75, 3.05) is 17.6 Å². The van der Waals surface area contributed by atoms with Gasteiger partial charge in [-0.1, -0.05) is 19.3 Å². The van der Waals surface area contributed by atoms with E-state index in [0.717, 1.165) is 25.7 Å². The van der Waals surface area contributed by atoms with E-state index in [2.05, 4.69) is 35.9 Å². The number of aliphatic carboxylic acids is 1. The molecule has 1 aromatic carbocycles. The van der Waals surface area contributed by atoms with Gasteiger partial charge in [0.05, 0.1) is 18.4 Å². The van der Waals surface area contributed by atoms with Gasteiger partial charge in [0.25, 0.3) is 11.5 Å². The second-order valence-electron chi connectivity index (χ2n) is 9.72. The number of nitrogen functional groups attached to an aromatic ring is 1. The molecule has 3 amide bonds. The van der Waals surface area contributed by atoms with Gasteiger partial charge in [-0.2, -0.15) is 4.98 Å². The number of carboxylic acids is 1. The zero-order valence-corrected chi connectivity index (χ0v) is 23.4. The van der Waals surface area contributed by atoms with Crippen LogP contribution in [0.15, 0.2) is 35.3 Å². The lowest BCUT2D eigenvalue weighted by Gasteiger charge is -2.15. The Kier molecular flexibility index (Phi) is 12.3. The summed E-state index contributed by atoms with van der Waals surface area (Å²) in [5, 5.41) is 26.3. The summed E-state index contributed by atoms with van der Waals surface area (Å²) in [6.45, 7) is 0.672. The third kappa shape index (κ3) is 10.7. The molecule has 3 rings (SSSR count). The van der Waals surface area contributed by atoms with Gasteiger partial charge in [-0.25, -0.2) is 20.2 Å². The number of rotatable bonds is 17. The minimum Gasteiger partial charge on any atom is -0.480 e. The van der Waals surface area contributed by atoms with Crippen molar-refractivity contribution >= 4 is 46.5 Å². The Hall–Kier alpha value is -5.12. The van der Waals surface area contributed by atoms with E-state index < -0.39 is 29.4 Å². The first kappa shape index (κ1) is 32.4. The average Bonchev–Trinajstić information content (AvgIpc) is 2.99. The normalized spacial score (nSPS) is 11.5. The Balaban J connectivity index is 1.39. The molecule has 230 valence electrons. The van der Waals surface area contributed by atoms with Gasteiger partial charge in [0.2, 0.25) is 17.8 Å². The van der Waals surface area contributed by atoms with Crippen molar-refractivity contribution in [3.63, 3.8) is 0 Å². The van der Waals surface area contributed by atoms with Crippen molar-refractivity contribution in [2.45, 2.75) is 64.0 Å². The Bertz CT molecular complexity index is 1480. The fourth-order valence-electron chi connectivity index (χ4n) is 4.08. The summed E-state index contributed by atoms with van der Waals surface area (Å²) in [6.07, 6.45) is 5.57. The first-order valence-corrected chi connectivity index (χ1v) is 13.7. The molecular weight excluding hydrogens is 562 g/mol. The van der Waals surface area contributed by atoms with Crippen LogP contribution in [0.5, 0.6) is 0 Å². The molecule has 0 fully saturated rings. The third-order valence-electron chi connectivity index (χ3n) is 6.40. The van der Waals surface area contributed by atoms with Gasteiger partial charge in [-0.05, 0) is 43.5 Å². The standard InChI is InChI=1S/C27H35N9O7/c28-27-34-23-22(25(40)35-27)32-18(15-31-23)14-30-17-9-7-16(8-10-17)24(39)33-19(26(41)42)11-12-20(37)29-13-5-3-1-2-4-6-21(38)36-43/h7-10,15,19,30,43H,1-6,11-14H2,(H,29,37)(H,33,39)(H,36,38)(H,41,42)(H3,28,31,34,35,40)/t19-/m0/s1. The smallest absolute Gasteiger partial charge is 0.326 e. The van der Waals surface area contributed by atoms with Crippen molar-refractivity contribution in [1.82, 2.24) is 36.0 Å². The first-order valence-electron chi connectivity index (χ1n) is 13.7. The molecule has 3 aromatic rings. The minimum absolute atomic E-state index is 0.0535. The number of benzene rings is 1.